The van der Waals surface area contributed by atoms with E-state index in [2.05, 4.69) is 20.6 Å². The first-order valence-electron chi connectivity index (χ1n) is 14.4. The summed E-state index contributed by atoms with van der Waals surface area (Å²) in [5.41, 5.74) is -1.53. The lowest BCUT2D eigenvalue weighted by Gasteiger charge is -2.25. The van der Waals surface area contributed by atoms with Gasteiger partial charge in [0.05, 0.1) is 42.1 Å². The van der Waals surface area contributed by atoms with Crippen molar-refractivity contribution in [1.82, 2.24) is 15.6 Å². The van der Waals surface area contributed by atoms with Gasteiger partial charge in [0.25, 0.3) is 0 Å². The Morgan fingerprint density at radius 1 is 0.833 bits per heavy atom. The van der Waals surface area contributed by atoms with E-state index in [0.29, 0.717) is 34.8 Å². The largest absolute Gasteiger partial charge is 0.497 e. The van der Waals surface area contributed by atoms with Crippen LogP contribution in [0.4, 0.5) is 31.1 Å². The number of halogens is 6. The molecule has 4 aromatic rings. The molecule has 48 heavy (non-hydrogen) atoms. The van der Waals surface area contributed by atoms with Crippen molar-refractivity contribution in [1.29, 1.82) is 0 Å². The number of amides is 2. The molecule has 1 heterocycles. The van der Waals surface area contributed by atoms with Crippen LogP contribution in [-0.2, 0) is 23.8 Å². The molecule has 4 rings (SSSR count). The highest BCUT2D eigenvalue weighted by Gasteiger charge is 2.38. The highest BCUT2D eigenvalue weighted by Crippen LogP contribution is 2.37. The lowest BCUT2D eigenvalue weighted by molar-refractivity contribution is -0.139. The lowest BCUT2D eigenvalue weighted by Crippen LogP contribution is -2.40. The van der Waals surface area contributed by atoms with E-state index in [-0.39, 0.29) is 17.7 Å². The number of pyridine rings is 1. The van der Waals surface area contributed by atoms with Crippen molar-refractivity contribution in [3.8, 4) is 11.5 Å². The molecule has 0 aliphatic carbocycles. The van der Waals surface area contributed by atoms with E-state index < -0.39 is 53.3 Å². The summed E-state index contributed by atoms with van der Waals surface area (Å²) in [7, 11) is 1.49. The molecule has 2 N–H and O–H groups in total. The van der Waals surface area contributed by atoms with Crippen LogP contribution in [0.3, 0.4) is 0 Å². The van der Waals surface area contributed by atoms with Crippen LogP contribution in [0.25, 0.3) is 0 Å². The summed E-state index contributed by atoms with van der Waals surface area (Å²) in [4.78, 5) is 31.3. The van der Waals surface area contributed by atoms with E-state index in [1.165, 1.54) is 13.2 Å². The van der Waals surface area contributed by atoms with Gasteiger partial charge in [-0.15, -0.1) is 0 Å². The zero-order valence-corrected chi connectivity index (χ0v) is 25.8. The molecule has 0 saturated carbocycles. The number of isocyanates is 1. The topological polar surface area (TPSA) is 102 Å². The second-order valence-electron chi connectivity index (χ2n) is 10.7. The predicted octanol–water partition coefficient (Wildman–Crippen LogP) is 8.25. The number of ether oxygens (including phenoxy) is 2. The summed E-state index contributed by atoms with van der Waals surface area (Å²) in [6.07, 6.45) is -7.04. The summed E-state index contributed by atoms with van der Waals surface area (Å²) in [5.74, 6) is 0.900. The molecule has 8 nitrogen and oxygen atoms in total. The Hall–Kier alpha value is -5.36. The van der Waals surface area contributed by atoms with Gasteiger partial charge in [-0.2, -0.15) is 31.3 Å². The Morgan fingerprint density at radius 3 is 1.98 bits per heavy atom. The molecule has 0 saturated heterocycles. The molecule has 3 unspecified atom stereocenters. The number of urea groups is 1. The molecule has 1 aromatic heterocycles. The van der Waals surface area contributed by atoms with Gasteiger partial charge < -0.3 is 20.1 Å². The minimum Gasteiger partial charge on any atom is -0.497 e. The Balaban J connectivity index is 1.63. The first kappa shape index (κ1) is 35.5. The molecule has 3 aromatic carbocycles. The quantitative estimate of drug-likeness (QED) is 0.0950. The summed E-state index contributed by atoms with van der Waals surface area (Å²) in [6.45, 7) is 3.02. The van der Waals surface area contributed by atoms with Crippen molar-refractivity contribution < 1.29 is 45.4 Å². The molecule has 0 spiro atoms. The molecule has 14 heteroatoms. The first-order chi connectivity index (χ1) is 22.7. The fourth-order valence-corrected chi connectivity index (χ4v) is 4.74. The van der Waals surface area contributed by atoms with E-state index in [1.807, 2.05) is 0 Å². The SMILES string of the molecule is COc1ccc(C(C)NC(=O)NC(c2ccc(C(F)(F)F)cc2)c2ncc(COc3ccc(C(C)N=C=O)cc3)cc2C(F)(F)F)cc1. The number of carbonyl (C=O) groups is 1. The summed E-state index contributed by atoms with van der Waals surface area (Å²) >= 11 is 0. The van der Waals surface area contributed by atoms with Crippen molar-refractivity contribution in [2.24, 2.45) is 4.99 Å². The third kappa shape index (κ3) is 9.13. The summed E-state index contributed by atoms with van der Waals surface area (Å²) in [6, 6.07) is 13.8. The van der Waals surface area contributed by atoms with Gasteiger partial charge in [-0.25, -0.2) is 9.59 Å². The molecular formula is C34H30F6N4O4. The van der Waals surface area contributed by atoms with E-state index in [1.54, 1.807) is 62.4 Å². The number of nitrogens with one attached hydrogen (secondary N) is 2. The normalized spacial score (nSPS) is 13.4. The van der Waals surface area contributed by atoms with Gasteiger partial charge in [0.2, 0.25) is 6.08 Å². The van der Waals surface area contributed by atoms with E-state index in [4.69, 9.17) is 9.47 Å². The standard InChI is InChI=1S/C34H30F6N4O4/c1-20(42-19-45)23-8-14-28(15-9-23)48-18-22-16-29(34(38,39)40)31(41-17-22)30(25-4-10-26(11-5-25)33(35,36)37)44-32(46)43-21(2)24-6-12-27(47-3)13-7-24/h4-17,20-21,30H,18H2,1-3H3,(H2,43,44,46). The van der Waals surface area contributed by atoms with Gasteiger partial charge >= 0.3 is 18.4 Å². The van der Waals surface area contributed by atoms with Crippen LogP contribution in [-0.4, -0.2) is 24.2 Å². The van der Waals surface area contributed by atoms with Gasteiger partial charge in [-0.1, -0.05) is 36.4 Å². The van der Waals surface area contributed by atoms with Crippen molar-refractivity contribution in [2.75, 3.05) is 7.11 Å². The third-order valence-corrected chi connectivity index (χ3v) is 7.38. The zero-order valence-electron chi connectivity index (χ0n) is 25.8. The Kier molecular flexibility index (Phi) is 11.1. The van der Waals surface area contributed by atoms with Crippen molar-refractivity contribution in [3.63, 3.8) is 0 Å². The molecule has 3 atom stereocenters. The van der Waals surface area contributed by atoms with Crippen LogP contribution < -0.4 is 20.1 Å². The molecule has 2 amide bonds. The number of hydrogen-bond acceptors (Lipinski definition) is 6. The number of hydrogen-bond donors (Lipinski definition) is 2. The molecule has 252 valence electrons. The van der Waals surface area contributed by atoms with Crippen molar-refractivity contribution in [3.05, 3.63) is 124 Å². The van der Waals surface area contributed by atoms with E-state index >= 15 is 0 Å². The van der Waals surface area contributed by atoms with E-state index in [0.717, 1.165) is 24.4 Å². The summed E-state index contributed by atoms with van der Waals surface area (Å²) < 4.78 is 94.1. The van der Waals surface area contributed by atoms with Crippen LogP contribution in [0.15, 0.2) is 90.1 Å². The molecule has 0 fully saturated rings. The minimum atomic E-state index is -4.96. The second kappa shape index (κ2) is 15.0. The Labute approximate surface area is 271 Å². The average Bonchev–Trinajstić information content (AvgIpc) is 3.06. The minimum absolute atomic E-state index is 0.0397. The number of nitrogens with zero attached hydrogens (tertiary/aromatic N) is 2. The van der Waals surface area contributed by atoms with Crippen LogP contribution >= 0.6 is 0 Å². The molecule has 0 aliphatic rings. The maximum Gasteiger partial charge on any atom is 0.418 e. The number of aliphatic imine (C=N–C) groups is 1. The fraction of sp³-hybridized carbons (Fsp3) is 0.265. The monoisotopic (exact) mass is 672 g/mol. The number of benzene rings is 3. The first-order valence-corrected chi connectivity index (χ1v) is 14.4. The van der Waals surface area contributed by atoms with Gasteiger partial charge in [-0.05, 0) is 73.0 Å². The smallest absolute Gasteiger partial charge is 0.418 e. The maximum absolute atomic E-state index is 14.5. The molecular weight excluding hydrogens is 642 g/mol. The number of methoxy groups -OCH3 is 1. The number of alkyl halides is 6. The number of aromatic nitrogens is 1. The molecule has 0 bridgehead atoms. The van der Waals surface area contributed by atoms with Crippen LogP contribution in [0.5, 0.6) is 11.5 Å². The number of rotatable bonds is 11. The van der Waals surface area contributed by atoms with Gasteiger partial charge in [0.15, 0.2) is 0 Å². The van der Waals surface area contributed by atoms with Gasteiger partial charge in [0, 0.05) is 11.8 Å². The highest BCUT2D eigenvalue weighted by molar-refractivity contribution is 5.75. The fourth-order valence-electron chi connectivity index (χ4n) is 4.74. The zero-order chi connectivity index (χ0) is 35.1. The maximum atomic E-state index is 14.5. The van der Waals surface area contributed by atoms with E-state index in [9.17, 15) is 35.9 Å². The molecule has 0 aliphatic heterocycles. The Morgan fingerprint density at radius 2 is 1.42 bits per heavy atom. The highest BCUT2D eigenvalue weighted by atomic mass is 19.4. The molecule has 0 radical (unpaired) electrons. The van der Waals surface area contributed by atoms with Crippen LogP contribution in [0, 0.1) is 0 Å². The lowest BCUT2D eigenvalue weighted by atomic mass is 9.97. The predicted molar refractivity (Wildman–Crippen MR) is 163 cm³/mol. The Bertz CT molecular complexity index is 1740. The van der Waals surface area contributed by atoms with Gasteiger partial charge in [-0.3, -0.25) is 4.98 Å². The average molecular weight is 673 g/mol. The van der Waals surface area contributed by atoms with Crippen molar-refractivity contribution in [2.45, 2.75) is 50.9 Å². The second-order valence-corrected chi connectivity index (χ2v) is 10.7. The number of carbonyl (C=O) groups excluding carboxylic acids is 2. The van der Waals surface area contributed by atoms with Crippen molar-refractivity contribution >= 4 is 12.1 Å². The van der Waals surface area contributed by atoms with Gasteiger partial charge in [0.1, 0.15) is 18.1 Å². The third-order valence-electron chi connectivity index (χ3n) is 7.38. The van der Waals surface area contributed by atoms with Crippen LogP contribution in [0.2, 0.25) is 0 Å². The van der Waals surface area contributed by atoms with Crippen LogP contribution in [0.1, 0.15) is 71.0 Å². The summed E-state index contributed by atoms with van der Waals surface area (Å²) in [5, 5.41) is 5.10.